The van der Waals surface area contributed by atoms with Crippen molar-refractivity contribution in [1.82, 2.24) is 4.98 Å². The Morgan fingerprint density at radius 1 is 1.40 bits per heavy atom. The summed E-state index contributed by atoms with van der Waals surface area (Å²) < 4.78 is 32.4. The van der Waals surface area contributed by atoms with Gasteiger partial charge in [-0.2, -0.15) is 0 Å². The first-order valence-corrected chi connectivity index (χ1v) is 10.0. The molecule has 0 unspecified atom stereocenters. The summed E-state index contributed by atoms with van der Waals surface area (Å²) in [6.45, 7) is 0. The van der Waals surface area contributed by atoms with Gasteiger partial charge in [-0.15, -0.1) is 23.7 Å². The highest BCUT2D eigenvalue weighted by atomic mass is 32.2. The van der Waals surface area contributed by atoms with Gasteiger partial charge in [0.15, 0.2) is 5.13 Å². The number of sulfonamides is 1. The number of hydrogen-bond donors (Lipinski definition) is 1. The predicted octanol–water partition coefficient (Wildman–Crippen LogP) is 2.90. The average Bonchev–Trinajstić information content (AvgIpc) is 3.32. The second kappa shape index (κ2) is 7.25. The zero-order chi connectivity index (χ0) is 17.9. The van der Waals surface area contributed by atoms with Crippen LogP contribution in [-0.2, 0) is 14.8 Å². The third-order valence-corrected chi connectivity index (χ3v) is 5.95. The number of thiazole rings is 1. The maximum atomic E-state index is 12.3. The van der Waals surface area contributed by atoms with Gasteiger partial charge in [0.2, 0.25) is 0 Å². The fraction of sp³-hybridized carbons (Fsp3) is 0.294. The molecule has 6 nitrogen and oxygen atoms in total. The maximum absolute atomic E-state index is 12.3. The number of nitrogens with one attached hydrogen (secondary N) is 1. The number of carbonyl (C=O) groups is 1. The number of ether oxygens (including phenoxy) is 1. The first-order chi connectivity index (χ1) is 12.0. The summed E-state index contributed by atoms with van der Waals surface area (Å²) in [6.07, 6.45) is 8.97. The molecule has 0 amide bonds. The Balaban J connectivity index is 1.69. The van der Waals surface area contributed by atoms with Crippen LogP contribution >= 0.6 is 11.3 Å². The first-order valence-electron chi connectivity index (χ1n) is 7.66. The summed E-state index contributed by atoms with van der Waals surface area (Å²) in [5.41, 5.74) is 0.288. The molecule has 25 heavy (non-hydrogen) atoms. The van der Waals surface area contributed by atoms with E-state index in [2.05, 4.69) is 15.6 Å². The van der Waals surface area contributed by atoms with E-state index < -0.39 is 16.0 Å². The van der Waals surface area contributed by atoms with E-state index in [4.69, 9.17) is 11.2 Å². The highest BCUT2D eigenvalue weighted by molar-refractivity contribution is 7.93. The van der Waals surface area contributed by atoms with Gasteiger partial charge in [0.25, 0.3) is 10.0 Å². The number of terminal acetylenes is 1. The van der Waals surface area contributed by atoms with Crippen LogP contribution in [0.25, 0.3) is 0 Å². The number of nitrogens with zero attached hydrogens (tertiary/aromatic N) is 1. The molecule has 1 aliphatic carbocycles. The quantitative estimate of drug-likeness (QED) is 0.593. The van der Waals surface area contributed by atoms with Crippen LogP contribution in [0.15, 0.2) is 40.7 Å². The van der Waals surface area contributed by atoms with Crippen molar-refractivity contribution in [2.75, 3.05) is 4.72 Å². The van der Waals surface area contributed by atoms with Crippen LogP contribution < -0.4 is 4.72 Å². The third kappa shape index (κ3) is 4.38. The van der Waals surface area contributed by atoms with Crippen molar-refractivity contribution in [1.29, 1.82) is 0 Å². The van der Waals surface area contributed by atoms with Crippen molar-refractivity contribution in [3.63, 3.8) is 0 Å². The van der Waals surface area contributed by atoms with E-state index in [0.717, 1.165) is 12.8 Å². The van der Waals surface area contributed by atoms with Crippen LogP contribution in [0.4, 0.5) is 5.13 Å². The van der Waals surface area contributed by atoms with Crippen molar-refractivity contribution in [3.8, 4) is 12.3 Å². The molecule has 1 aromatic carbocycles. The monoisotopic (exact) mass is 376 g/mol. The molecule has 1 aromatic heterocycles. The Labute approximate surface area is 150 Å². The Bertz CT molecular complexity index is 880. The van der Waals surface area contributed by atoms with Gasteiger partial charge in [0, 0.05) is 18.0 Å². The van der Waals surface area contributed by atoms with Crippen molar-refractivity contribution in [2.24, 2.45) is 5.92 Å². The molecule has 8 heteroatoms. The topological polar surface area (TPSA) is 85.4 Å². The number of rotatable bonds is 7. The van der Waals surface area contributed by atoms with E-state index >= 15 is 0 Å². The second-order valence-electron chi connectivity index (χ2n) is 5.66. The number of aromatic nitrogens is 1. The summed E-state index contributed by atoms with van der Waals surface area (Å²) in [6, 6.07) is 5.58. The van der Waals surface area contributed by atoms with E-state index in [1.807, 2.05) is 0 Å². The molecule has 0 bridgehead atoms. The maximum Gasteiger partial charge on any atom is 0.338 e. The number of benzene rings is 1. The molecule has 0 aliphatic heterocycles. The minimum absolute atomic E-state index is 0.0432. The molecule has 1 atom stereocenters. The smallest absolute Gasteiger partial charge is 0.338 e. The molecule has 3 rings (SSSR count). The molecule has 0 radical (unpaired) electrons. The Hall–Kier alpha value is -2.37. The predicted molar refractivity (Wildman–Crippen MR) is 94.7 cm³/mol. The molecule has 1 aliphatic rings. The summed E-state index contributed by atoms with van der Waals surface area (Å²) in [5, 5.41) is 1.95. The summed E-state index contributed by atoms with van der Waals surface area (Å²) in [4.78, 5) is 16.1. The molecule has 130 valence electrons. The van der Waals surface area contributed by atoms with Crippen LogP contribution in [0.1, 0.15) is 29.6 Å². The molecule has 1 N–H and O–H groups in total. The van der Waals surface area contributed by atoms with Crippen LogP contribution in [-0.4, -0.2) is 25.5 Å². The van der Waals surface area contributed by atoms with Crippen molar-refractivity contribution in [2.45, 2.75) is 30.3 Å². The standard InChI is InChI=1S/C17H16N2O4S2/c1-2-3-15(12-4-5-12)23-16(20)13-6-8-14(9-7-13)25(21,22)19-17-18-10-11-24-17/h1,6-12,15H,3-5H2,(H,18,19)/t15-/m0/s1. The summed E-state index contributed by atoms with van der Waals surface area (Å²) in [5.74, 6) is 2.37. The van der Waals surface area contributed by atoms with E-state index in [1.54, 1.807) is 5.38 Å². The normalized spacial score (nSPS) is 15.2. The van der Waals surface area contributed by atoms with Gasteiger partial charge in [-0.1, -0.05) is 0 Å². The highest BCUT2D eigenvalue weighted by Crippen LogP contribution is 2.36. The highest BCUT2D eigenvalue weighted by Gasteiger charge is 2.33. The van der Waals surface area contributed by atoms with Gasteiger partial charge in [-0.05, 0) is 43.0 Å². The van der Waals surface area contributed by atoms with Crippen molar-refractivity contribution < 1.29 is 17.9 Å². The van der Waals surface area contributed by atoms with E-state index in [9.17, 15) is 13.2 Å². The lowest BCUT2D eigenvalue weighted by Gasteiger charge is -2.15. The molecule has 0 spiro atoms. The zero-order valence-corrected chi connectivity index (χ0v) is 14.8. The summed E-state index contributed by atoms with van der Waals surface area (Å²) >= 11 is 1.18. The zero-order valence-electron chi connectivity index (χ0n) is 13.2. The molecular formula is C17H16N2O4S2. The molecule has 1 fully saturated rings. The van der Waals surface area contributed by atoms with Crippen LogP contribution in [0, 0.1) is 18.3 Å². The summed E-state index contributed by atoms with van der Waals surface area (Å²) in [7, 11) is -3.74. The average molecular weight is 376 g/mol. The Morgan fingerprint density at radius 2 is 2.12 bits per heavy atom. The molecule has 2 aromatic rings. The number of carbonyl (C=O) groups excluding carboxylic acids is 1. The lowest BCUT2D eigenvalue weighted by atomic mass is 10.1. The van der Waals surface area contributed by atoms with Crippen molar-refractivity contribution in [3.05, 3.63) is 41.4 Å². The molecule has 0 saturated heterocycles. The van der Waals surface area contributed by atoms with Crippen LogP contribution in [0.5, 0.6) is 0 Å². The second-order valence-corrected chi connectivity index (χ2v) is 8.23. The lowest BCUT2D eigenvalue weighted by molar-refractivity contribution is 0.0261. The van der Waals surface area contributed by atoms with Gasteiger partial charge in [0.05, 0.1) is 10.5 Å². The van der Waals surface area contributed by atoms with E-state index in [1.165, 1.54) is 41.8 Å². The first kappa shape index (κ1) is 17.5. The van der Waals surface area contributed by atoms with Crippen LogP contribution in [0.3, 0.4) is 0 Å². The molecular weight excluding hydrogens is 360 g/mol. The van der Waals surface area contributed by atoms with Gasteiger partial charge < -0.3 is 4.74 Å². The minimum Gasteiger partial charge on any atom is -0.457 e. The Kier molecular flexibility index (Phi) is 5.06. The van der Waals surface area contributed by atoms with Crippen LogP contribution in [0.2, 0.25) is 0 Å². The number of anilines is 1. The fourth-order valence-corrected chi connectivity index (χ4v) is 4.10. The third-order valence-electron chi connectivity index (χ3n) is 3.78. The Morgan fingerprint density at radius 3 is 2.68 bits per heavy atom. The molecule has 1 saturated carbocycles. The lowest BCUT2D eigenvalue weighted by Crippen LogP contribution is -2.20. The fourth-order valence-electron chi connectivity index (χ4n) is 2.31. The van der Waals surface area contributed by atoms with Gasteiger partial charge >= 0.3 is 5.97 Å². The number of hydrogen-bond acceptors (Lipinski definition) is 6. The molecule has 1 heterocycles. The van der Waals surface area contributed by atoms with E-state index in [0.29, 0.717) is 12.3 Å². The number of esters is 1. The minimum atomic E-state index is -3.74. The van der Waals surface area contributed by atoms with Gasteiger partial charge in [0.1, 0.15) is 6.10 Å². The van der Waals surface area contributed by atoms with E-state index in [-0.39, 0.29) is 21.7 Å². The SMILES string of the molecule is C#CC[C@H](OC(=O)c1ccc(S(=O)(=O)Nc2nccs2)cc1)C1CC1. The largest absolute Gasteiger partial charge is 0.457 e. The van der Waals surface area contributed by atoms with Gasteiger partial charge in [-0.25, -0.2) is 18.2 Å². The van der Waals surface area contributed by atoms with Crippen molar-refractivity contribution >= 4 is 32.5 Å². The van der Waals surface area contributed by atoms with Gasteiger partial charge in [-0.3, -0.25) is 4.72 Å².